The summed E-state index contributed by atoms with van der Waals surface area (Å²) in [7, 11) is 0. The van der Waals surface area contributed by atoms with Crippen LogP contribution in [0, 0.1) is 5.41 Å². The summed E-state index contributed by atoms with van der Waals surface area (Å²) in [6.07, 6.45) is 4.12. The molecule has 2 N–H and O–H groups in total. The first-order chi connectivity index (χ1) is 9.30. The molecule has 0 unspecified atom stereocenters. The largest absolute Gasteiger partial charge is 0.329 e. The molecule has 0 spiro atoms. The molecular formula is C15H14N2OS. The molecule has 0 amide bonds. The van der Waals surface area contributed by atoms with E-state index in [0.29, 0.717) is 5.56 Å². The summed E-state index contributed by atoms with van der Waals surface area (Å²) in [4.78, 5) is 10.7. The molecule has 0 saturated carbocycles. The molecule has 0 aliphatic rings. The Morgan fingerprint density at radius 3 is 2.47 bits per heavy atom. The second-order valence-electron chi connectivity index (χ2n) is 3.96. The zero-order valence-electron chi connectivity index (χ0n) is 10.5. The number of aldehydes is 1. The zero-order chi connectivity index (χ0) is 13.7. The average molecular weight is 270 g/mol. The molecule has 0 aliphatic carbocycles. The Bertz CT molecular complexity index is 594. The fourth-order valence-electron chi connectivity index (χ4n) is 1.91. The second-order valence-corrected chi connectivity index (χ2v) is 4.57. The molecular weight excluding hydrogens is 256 g/mol. The van der Waals surface area contributed by atoms with Crippen molar-refractivity contribution in [2.45, 2.75) is 0 Å². The number of carbonyl (C=O) groups excluding carboxylic acids is 1. The number of benzene rings is 2. The molecule has 0 heterocycles. The van der Waals surface area contributed by atoms with Crippen molar-refractivity contribution in [1.82, 2.24) is 0 Å². The van der Waals surface area contributed by atoms with E-state index in [-0.39, 0.29) is 0 Å². The summed E-state index contributed by atoms with van der Waals surface area (Å²) >= 11 is 1.49. The highest BCUT2D eigenvalue weighted by Gasteiger charge is 2.07. The van der Waals surface area contributed by atoms with Gasteiger partial charge in [-0.05, 0) is 17.2 Å². The van der Waals surface area contributed by atoms with Crippen LogP contribution in [0.4, 0.5) is 5.69 Å². The van der Waals surface area contributed by atoms with Crippen LogP contribution in [0.2, 0.25) is 0 Å². The third-order valence-electron chi connectivity index (χ3n) is 2.82. The predicted octanol–water partition coefficient (Wildman–Crippen LogP) is 3.85. The maximum atomic E-state index is 10.7. The Labute approximate surface area is 116 Å². The first kappa shape index (κ1) is 13.4. The Morgan fingerprint density at radius 1 is 1.16 bits per heavy atom. The van der Waals surface area contributed by atoms with E-state index in [1.165, 1.54) is 18.2 Å². The van der Waals surface area contributed by atoms with Crippen molar-refractivity contribution in [2.24, 2.45) is 0 Å². The summed E-state index contributed by atoms with van der Waals surface area (Å²) in [5.74, 6) is 0. The van der Waals surface area contributed by atoms with Gasteiger partial charge in [-0.2, -0.15) is 0 Å². The molecule has 0 aromatic heterocycles. The summed E-state index contributed by atoms with van der Waals surface area (Å²) in [6.45, 7) is 0. The van der Waals surface area contributed by atoms with E-state index in [4.69, 9.17) is 5.41 Å². The van der Waals surface area contributed by atoms with Crippen molar-refractivity contribution in [2.75, 3.05) is 11.0 Å². The number of hydrogen-bond acceptors (Lipinski definition) is 4. The molecule has 0 radical (unpaired) electrons. The van der Waals surface area contributed by atoms with Crippen molar-refractivity contribution in [3.8, 4) is 11.1 Å². The van der Waals surface area contributed by atoms with Crippen LogP contribution in [-0.4, -0.2) is 18.8 Å². The van der Waals surface area contributed by atoms with Crippen LogP contribution in [0.25, 0.3) is 11.1 Å². The van der Waals surface area contributed by atoms with E-state index >= 15 is 0 Å². The zero-order valence-corrected chi connectivity index (χ0v) is 11.3. The van der Waals surface area contributed by atoms with Gasteiger partial charge in [0.25, 0.3) is 0 Å². The molecule has 2 aromatic rings. The fraction of sp³-hybridized carbons (Fsp3) is 0.0667. The van der Waals surface area contributed by atoms with E-state index in [1.807, 2.05) is 36.6 Å². The lowest BCUT2D eigenvalue weighted by atomic mass is 9.98. The maximum Gasteiger partial charge on any atom is 0.150 e. The average Bonchev–Trinajstić information content (AvgIpc) is 2.47. The number of hydrogen-bond donors (Lipinski definition) is 2. The molecule has 2 rings (SSSR count). The SMILES string of the molecule is CSNc1cccc(-c2ccc(C=O)cc2)c1C=N. The first-order valence-electron chi connectivity index (χ1n) is 5.78. The predicted molar refractivity (Wildman–Crippen MR) is 82.3 cm³/mol. The summed E-state index contributed by atoms with van der Waals surface area (Å²) < 4.78 is 3.17. The highest BCUT2D eigenvalue weighted by molar-refractivity contribution is 7.99. The lowest BCUT2D eigenvalue weighted by Crippen LogP contribution is -1.95. The van der Waals surface area contributed by atoms with Gasteiger partial charge in [0.15, 0.2) is 0 Å². The van der Waals surface area contributed by atoms with Gasteiger partial charge in [-0.15, -0.1) is 0 Å². The number of nitrogens with one attached hydrogen (secondary N) is 2. The minimum atomic E-state index is 0.651. The topological polar surface area (TPSA) is 53.0 Å². The Balaban J connectivity index is 2.50. The van der Waals surface area contributed by atoms with Gasteiger partial charge in [0.2, 0.25) is 0 Å². The van der Waals surface area contributed by atoms with Crippen molar-refractivity contribution in [1.29, 1.82) is 5.41 Å². The fourth-order valence-corrected chi connectivity index (χ4v) is 2.31. The minimum Gasteiger partial charge on any atom is -0.329 e. The lowest BCUT2D eigenvalue weighted by molar-refractivity contribution is 0.112. The van der Waals surface area contributed by atoms with Gasteiger partial charge >= 0.3 is 0 Å². The van der Waals surface area contributed by atoms with Crippen LogP contribution in [0.3, 0.4) is 0 Å². The number of anilines is 1. The molecule has 0 saturated heterocycles. The van der Waals surface area contributed by atoms with E-state index in [1.54, 1.807) is 12.1 Å². The molecule has 0 aliphatic heterocycles. The number of rotatable bonds is 5. The molecule has 96 valence electrons. The van der Waals surface area contributed by atoms with Crippen molar-refractivity contribution < 1.29 is 4.79 Å². The Hall–Kier alpha value is -2.07. The van der Waals surface area contributed by atoms with E-state index in [0.717, 1.165) is 28.7 Å². The van der Waals surface area contributed by atoms with Gasteiger partial charge < -0.3 is 10.1 Å². The summed E-state index contributed by atoms with van der Waals surface area (Å²) in [5, 5.41) is 7.60. The van der Waals surface area contributed by atoms with Crippen LogP contribution in [-0.2, 0) is 0 Å². The molecule has 3 nitrogen and oxygen atoms in total. The third-order valence-corrected chi connectivity index (χ3v) is 3.24. The van der Waals surface area contributed by atoms with E-state index in [9.17, 15) is 4.79 Å². The van der Waals surface area contributed by atoms with Gasteiger partial charge in [-0.25, -0.2) is 0 Å². The van der Waals surface area contributed by atoms with Gasteiger partial charge in [-0.1, -0.05) is 48.3 Å². The Kier molecular flexibility index (Phi) is 4.36. The standard InChI is InChI=1S/C15H14N2OS/c1-19-17-15-4-2-3-13(14(15)9-16)12-7-5-11(10-18)6-8-12/h2-10,16-17H,1H3. The quantitative estimate of drug-likeness (QED) is 0.493. The van der Waals surface area contributed by atoms with Gasteiger partial charge in [0.05, 0.1) is 5.69 Å². The van der Waals surface area contributed by atoms with Gasteiger partial charge in [0.1, 0.15) is 6.29 Å². The molecule has 0 fully saturated rings. The van der Waals surface area contributed by atoms with E-state index < -0.39 is 0 Å². The molecule has 2 aromatic carbocycles. The van der Waals surface area contributed by atoms with Crippen LogP contribution in [0.5, 0.6) is 0 Å². The van der Waals surface area contributed by atoms with Crippen LogP contribution >= 0.6 is 11.9 Å². The monoisotopic (exact) mass is 270 g/mol. The summed E-state index contributed by atoms with van der Waals surface area (Å²) in [5.41, 5.74) is 4.38. The van der Waals surface area contributed by atoms with Crippen molar-refractivity contribution in [3.63, 3.8) is 0 Å². The Morgan fingerprint density at radius 2 is 1.89 bits per heavy atom. The highest BCUT2D eigenvalue weighted by atomic mass is 32.2. The normalized spacial score (nSPS) is 9.95. The van der Waals surface area contributed by atoms with Crippen molar-refractivity contribution in [3.05, 3.63) is 53.6 Å². The minimum absolute atomic E-state index is 0.651. The van der Waals surface area contributed by atoms with Gasteiger partial charge in [-0.3, -0.25) is 4.79 Å². The maximum absolute atomic E-state index is 10.7. The smallest absolute Gasteiger partial charge is 0.150 e. The van der Waals surface area contributed by atoms with Crippen LogP contribution < -0.4 is 4.72 Å². The summed E-state index contributed by atoms with van der Waals surface area (Å²) in [6, 6.07) is 13.2. The molecule has 4 heteroatoms. The van der Waals surface area contributed by atoms with Crippen LogP contribution in [0.15, 0.2) is 42.5 Å². The molecule has 19 heavy (non-hydrogen) atoms. The second kappa shape index (κ2) is 6.20. The lowest BCUT2D eigenvalue weighted by Gasteiger charge is -2.12. The van der Waals surface area contributed by atoms with Crippen LogP contribution in [0.1, 0.15) is 15.9 Å². The number of carbonyl (C=O) groups is 1. The highest BCUT2D eigenvalue weighted by Crippen LogP contribution is 2.29. The molecule has 0 bridgehead atoms. The molecule has 0 atom stereocenters. The van der Waals surface area contributed by atoms with Gasteiger partial charge in [0, 0.05) is 23.6 Å². The van der Waals surface area contributed by atoms with Crippen molar-refractivity contribution >= 4 is 30.1 Å². The third kappa shape index (κ3) is 2.85. The first-order valence-corrected chi connectivity index (χ1v) is 7.00. The van der Waals surface area contributed by atoms with E-state index in [2.05, 4.69) is 4.72 Å².